The summed E-state index contributed by atoms with van der Waals surface area (Å²) in [5, 5.41) is 22.7. The zero-order valence-electron chi connectivity index (χ0n) is 17.7. The highest BCUT2D eigenvalue weighted by atomic mass is 32.2. The molecule has 2 aromatic carbocycles. The van der Waals surface area contributed by atoms with Gasteiger partial charge >= 0.3 is 6.03 Å². The van der Waals surface area contributed by atoms with Gasteiger partial charge in [0, 0.05) is 5.69 Å². The summed E-state index contributed by atoms with van der Waals surface area (Å²) in [7, 11) is -3.58. The maximum atomic E-state index is 13.6. The van der Waals surface area contributed by atoms with Gasteiger partial charge in [-0.1, -0.05) is 12.1 Å². The van der Waals surface area contributed by atoms with Gasteiger partial charge in [-0.15, -0.1) is 4.36 Å². The van der Waals surface area contributed by atoms with Crippen LogP contribution in [0.4, 0.5) is 10.5 Å². The van der Waals surface area contributed by atoms with Crippen LogP contribution in [0.3, 0.4) is 0 Å². The van der Waals surface area contributed by atoms with Crippen LogP contribution < -0.4 is 10.0 Å². The van der Waals surface area contributed by atoms with Crippen molar-refractivity contribution in [3.63, 3.8) is 0 Å². The van der Waals surface area contributed by atoms with E-state index < -0.39 is 34.1 Å². The zero-order valence-corrected chi connectivity index (χ0v) is 18.6. The highest BCUT2D eigenvalue weighted by molar-refractivity contribution is 7.93. The SMILES string of the molecule is CC(O)(CO)c1ccc2c(c1)S(=O)(=NC(=O)Nc1c3c(cc4c1CCC4)CCC3)NC2=O. The average molecular weight is 456 g/mol. The molecular weight excluding hydrogens is 430 g/mol. The van der Waals surface area contributed by atoms with Crippen LogP contribution in [0.2, 0.25) is 0 Å². The van der Waals surface area contributed by atoms with Gasteiger partial charge in [0.25, 0.3) is 5.91 Å². The van der Waals surface area contributed by atoms with Crippen LogP contribution in [0.1, 0.15) is 57.9 Å². The Labute approximate surface area is 186 Å². The predicted molar refractivity (Wildman–Crippen MR) is 119 cm³/mol. The fraction of sp³-hybridized carbons (Fsp3) is 0.391. The van der Waals surface area contributed by atoms with E-state index in [2.05, 4.69) is 20.5 Å². The summed E-state index contributed by atoms with van der Waals surface area (Å²) in [4.78, 5) is 25.3. The van der Waals surface area contributed by atoms with E-state index in [1.807, 2.05) is 0 Å². The van der Waals surface area contributed by atoms with Crippen LogP contribution in [-0.2, 0) is 41.2 Å². The molecule has 3 amide bonds. The molecule has 32 heavy (non-hydrogen) atoms. The lowest BCUT2D eigenvalue weighted by molar-refractivity contribution is -0.00246. The first-order chi connectivity index (χ1) is 15.2. The molecule has 1 aliphatic heterocycles. The van der Waals surface area contributed by atoms with Crippen LogP contribution in [-0.4, -0.2) is 33.0 Å². The van der Waals surface area contributed by atoms with E-state index in [0.29, 0.717) is 0 Å². The molecule has 0 spiro atoms. The third-order valence-corrected chi connectivity index (χ3v) is 8.42. The largest absolute Gasteiger partial charge is 0.393 e. The molecule has 0 saturated heterocycles. The number of carbonyl (C=O) groups is 2. The van der Waals surface area contributed by atoms with Crippen LogP contribution in [0.5, 0.6) is 0 Å². The van der Waals surface area contributed by atoms with Crippen molar-refractivity contribution in [1.29, 1.82) is 0 Å². The summed E-state index contributed by atoms with van der Waals surface area (Å²) in [6, 6.07) is 5.73. The number of fused-ring (bicyclic) bond motifs is 3. The number of hydrogen-bond acceptors (Lipinski definition) is 5. The second kappa shape index (κ2) is 7.40. The monoisotopic (exact) mass is 455 g/mol. The fourth-order valence-corrected chi connectivity index (χ4v) is 6.53. The van der Waals surface area contributed by atoms with Gasteiger partial charge in [-0.3, -0.25) is 9.52 Å². The predicted octanol–water partition coefficient (Wildman–Crippen LogP) is 2.58. The number of aliphatic hydroxyl groups is 2. The molecule has 4 N–H and O–H groups in total. The number of aryl methyl sites for hydroxylation is 2. The number of amides is 3. The summed E-state index contributed by atoms with van der Waals surface area (Å²) in [5.74, 6) is -0.599. The smallest absolute Gasteiger partial charge is 0.355 e. The molecule has 9 heteroatoms. The van der Waals surface area contributed by atoms with Crippen molar-refractivity contribution in [2.45, 2.75) is 55.9 Å². The van der Waals surface area contributed by atoms with E-state index in [1.54, 1.807) is 0 Å². The van der Waals surface area contributed by atoms with Crippen molar-refractivity contribution < 1.29 is 24.0 Å². The minimum atomic E-state index is -3.58. The molecule has 0 saturated carbocycles. The number of hydrogen-bond donors (Lipinski definition) is 4. The molecule has 0 radical (unpaired) electrons. The maximum absolute atomic E-state index is 13.6. The number of rotatable bonds is 3. The summed E-state index contributed by atoms with van der Waals surface area (Å²) < 4.78 is 19.8. The van der Waals surface area contributed by atoms with Crippen LogP contribution in [0.15, 0.2) is 33.5 Å². The first-order valence-corrected chi connectivity index (χ1v) is 12.3. The Bertz CT molecular complexity index is 1260. The Morgan fingerprint density at radius 3 is 2.44 bits per heavy atom. The zero-order chi connectivity index (χ0) is 22.7. The van der Waals surface area contributed by atoms with Gasteiger partial charge in [0.15, 0.2) is 9.92 Å². The first-order valence-electron chi connectivity index (χ1n) is 10.8. The van der Waals surface area contributed by atoms with E-state index in [1.165, 1.54) is 36.2 Å². The molecule has 2 atom stereocenters. The number of urea groups is 1. The van der Waals surface area contributed by atoms with Crippen LogP contribution in [0, 0.1) is 0 Å². The van der Waals surface area contributed by atoms with E-state index >= 15 is 0 Å². The second-order valence-electron chi connectivity index (χ2n) is 8.86. The Morgan fingerprint density at radius 1 is 1.16 bits per heavy atom. The van der Waals surface area contributed by atoms with Gasteiger partial charge in [-0.25, -0.2) is 9.00 Å². The molecule has 5 rings (SSSR count). The normalized spacial score (nSPS) is 22.5. The van der Waals surface area contributed by atoms with Crippen molar-refractivity contribution in [1.82, 2.24) is 4.72 Å². The molecule has 8 nitrogen and oxygen atoms in total. The summed E-state index contributed by atoms with van der Waals surface area (Å²) in [6.45, 7) is 0.845. The topological polar surface area (TPSA) is 128 Å². The summed E-state index contributed by atoms with van der Waals surface area (Å²) >= 11 is 0. The van der Waals surface area contributed by atoms with Gasteiger partial charge in [0.05, 0.1) is 17.1 Å². The Kier molecular flexibility index (Phi) is 4.88. The molecule has 0 fully saturated rings. The highest BCUT2D eigenvalue weighted by Gasteiger charge is 2.35. The first kappa shape index (κ1) is 21.1. The molecule has 2 aliphatic carbocycles. The number of nitrogens with zero attached hydrogens (tertiary/aromatic N) is 1. The number of benzene rings is 2. The third kappa shape index (κ3) is 3.32. The molecule has 3 aliphatic rings. The van der Waals surface area contributed by atoms with E-state index in [9.17, 15) is 24.0 Å². The Morgan fingerprint density at radius 2 is 1.81 bits per heavy atom. The molecular formula is C23H25N3O5S. The van der Waals surface area contributed by atoms with Gasteiger partial charge in [0.2, 0.25) is 0 Å². The van der Waals surface area contributed by atoms with Crippen LogP contribution >= 0.6 is 0 Å². The quantitative estimate of drug-likeness (QED) is 0.566. The molecule has 168 valence electrons. The van der Waals surface area contributed by atoms with Gasteiger partial charge in [0.1, 0.15) is 5.60 Å². The molecule has 2 unspecified atom stereocenters. The maximum Gasteiger partial charge on any atom is 0.355 e. The minimum Gasteiger partial charge on any atom is -0.393 e. The van der Waals surface area contributed by atoms with E-state index in [0.717, 1.165) is 55.3 Å². The number of anilines is 1. The summed E-state index contributed by atoms with van der Waals surface area (Å²) in [6.07, 6.45) is 5.80. The third-order valence-electron chi connectivity index (χ3n) is 6.60. The molecule has 0 bridgehead atoms. The van der Waals surface area contributed by atoms with Crippen molar-refractivity contribution in [2.75, 3.05) is 11.9 Å². The van der Waals surface area contributed by atoms with Crippen molar-refractivity contribution >= 4 is 27.5 Å². The number of nitrogens with one attached hydrogen (secondary N) is 2. The van der Waals surface area contributed by atoms with Gasteiger partial charge in [-0.05, 0) is 85.4 Å². The van der Waals surface area contributed by atoms with Crippen molar-refractivity contribution in [3.8, 4) is 0 Å². The lowest BCUT2D eigenvalue weighted by atomic mass is 9.96. The lowest BCUT2D eigenvalue weighted by Gasteiger charge is -2.21. The average Bonchev–Trinajstić information content (AvgIpc) is 3.46. The molecule has 1 heterocycles. The van der Waals surface area contributed by atoms with Crippen molar-refractivity contribution in [2.24, 2.45) is 4.36 Å². The van der Waals surface area contributed by atoms with Gasteiger partial charge < -0.3 is 15.5 Å². The lowest BCUT2D eigenvalue weighted by Crippen LogP contribution is -2.26. The minimum absolute atomic E-state index is 0.0346. The molecule has 2 aromatic rings. The fourth-order valence-electron chi connectivity index (χ4n) is 4.89. The van der Waals surface area contributed by atoms with Gasteiger partial charge in [-0.2, -0.15) is 0 Å². The number of carbonyl (C=O) groups excluding carboxylic acids is 2. The second-order valence-corrected chi connectivity index (χ2v) is 10.7. The van der Waals surface area contributed by atoms with E-state index in [4.69, 9.17) is 0 Å². The summed E-state index contributed by atoms with van der Waals surface area (Å²) in [5.41, 5.74) is 4.35. The molecule has 0 aromatic heterocycles. The number of aliphatic hydroxyl groups excluding tert-OH is 1. The highest BCUT2D eigenvalue weighted by Crippen LogP contribution is 2.39. The van der Waals surface area contributed by atoms with Crippen LogP contribution in [0.25, 0.3) is 0 Å². The van der Waals surface area contributed by atoms with E-state index in [-0.39, 0.29) is 16.0 Å². The Balaban J connectivity index is 1.54. The Hall–Kier alpha value is -2.75. The van der Waals surface area contributed by atoms with Crippen molar-refractivity contribution in [3.05, 3.63) is 57.6 Å². The standard InChI is InChI=1S/C23H25N3O5S/c1-23(30,12-27)15-8-9-18-19(11-15)32(31,25-21(18)28)26-22(29)24-20-16-6-2-4-13(16)10-14-5-3-7-17(14)20/h8-11,27,30H,2-7,12H2,1H3,(H2,24,25,26,28,29,31).